The van der Waals surface area contributed by atoms with Crippen LogP contribution in [0.1, 0.15) is 10.4 Å². The van der Waals surface area contributed by atoms with Gasteiger partial charge >= 0.3 is 0 Å². The Hall–Kier alpha value is -0.670. The zero-order valence-electron chi connectivity index (χ0n) is 8.87. The highest BCUT2D eigenvalue weighted by molar-refractivity contribution is 7.98. The van der Waals surface area contributed by atoms with E-state index >= 15 is 0 Å². The molecule has 82 valence electrons. The molecule has 0 aliphatic rings. The van der Waals surface area contributed by atoms with Crippen molar-refractivity contribution < 1.29 is 4.79 Å². The van der Waals surface area contributed by atoms with E-state index in [4.69, 9.17) is 11.6 Å². The van der Waals surface area contributed by atoms with Crippen molar-refractivity contribution in [3.63, 3.8) is 0 Å². The van der Waals surface area contributed by atoms with E-state index in [1.165, 1.54) is 0 Å². The van der Waals surface area contributed by atoms with Gasteiger partial charge in [-0.25, -0.2) is 0 Å². The Morgan fingerprint density at radius 1 is 1.47 bits per heavy atom. The number of alkyl halides is 1. The lowest BCUT2D eigenvalue weighted by atomic mass is 10.2. The third-order valence-electron chi connectivity index (χ3n) is 2.10. The van der Waals surface area contributed by atoms with Crippen LogP contribution < -0.4 is 0 Å². The Balaban J connectivity index is 2.90. The molecular weight excluding hydrogens is 230 g/mol. The minimum absolute atomic E-state index is 0.0283. The van der Waals surface area contributed by atoms with Gasteiger partial charge in [-0.2, -0.15) is 0 Å². The van der Waals surface area contributed by atoms with E-state index in [1.54, 1.807) is 23.7 Å². The summed E-state index contributed by atoms with van der Waals surface area (Å²) < 4.78 is 0. The fourth-order valence-corrected chi connectivity index (χ4v) is 2.10. The van der Waals surface area contributed by atoms with Crippen molar-refractivity contribution in [2.45, 2.75) is 4.90 Å². The van der Waals surface area contributed by atoms with Gasteiger partial charge in [0.25, 0.3) is 5.91 Å². The minimum Gasteiger partial charge on any atom is -0.340 e. The van der Waals surface area contributed by atoms with Gasteiger partial charge in [-0.1, -0.05) is 12.1 Å². The average Bonchev–Trinajstić information content (AvgIpc) is 2.28. The van der Waals surface area contributed by atoms with E-state index in [-0.39, 0.29) is 5.91 Å². The second-order valence-corrected chi connectivity index (χ2v) is 4.34. The molecule has 0 saturated heterocycles. The van der Waals surface area contributed by atoms with E-state index in [0.29, 0.717) is 12.4 Å². The molecule has 15 heavy (non-hydrogen) atoms. The Kier molecular flexibility index (Phi) is 4.99. The molecule has 0 saturated carbocycles. The van der Waals surface area contributed by atoms with E-state index in [9.17, 15) is 4.79 Å². The van der Waals surface area contributed by atoms with Crippen molar-refractivity contribution in [1.29, 1.82) is 0 Å². The Morgan fingerprint density at radius 2 is 2.13 bits per heavy atom. The average molecular weight is 244 g/mol. The first-order valence-electron chi connectivity index (χ1n) is 4.65. The fourth-order valence-electron chi connectivity index (χ4n) is 1.26. The van der Waals surface area contributed by atoms with Gasteiger partial charge in [-0.05, 0) is 18.4 Å². The van der Waals surface area contributed by atoms with E-state index in [1.807, 2.05) is 30.5 Å². The molecule has 0 aromatic heterocycles. The lowest BCUT2D eigenvalue weighted by molar-refractivity contribution is 0.0800. The quantitative estimate of drug-likeness (QED) is 0.599. The highest BCUT2D eigenvalue weighted by atomic mass is 35.5. The summed E-state index contributed by atoms with van der Waals surface area (Å²) in [5.41, 5.74) is 0.748. The highest BCUT2D eigenvalue weighted by Gasteiger charge is 2.13. The van der Waals surface area contributed by atoms with Crippen LogP contribution in [0.15, 0.2) is 29.2 Å². The third-order valence-corrected chi connectivity index (χ3v) is 3.07. The van der Waals surface area contributed by atoms with Crippen molar-refractivity contribution in [2.24, 2.45) is 0 Å². The highest BCUT2D eigenvalue weighted by Crippen LogP contribution is 2.20. The maximum atomic E-state index is 12.0. The van der Waals surface area contributed by atoms with Crippen LogP contribution in [0.4, 0.5) is 0 Å². The van der Waals surface area contributed by atoms with Crippen LogP contribution in [-0.2, 0) is 0 Å². The number of halogens is 1. The van der Waals surface area contributed by atoms with Gasteiger partial charge in [0.2, 0.25) is 0 Å². The Bertz CT molecular complexity index is 343. The lowest BCUT2D eigenvalue weighted by Crippen LogP contribution is -2.28. The first-order chi connectivity index (χ1) is 7.20. The molecular formula is C11H14ClNOS. The first kappa shape index (κ1) is 12.4. The van der Waals surface area contributed by atoms with Gasteiger partial charge < -0.3 is 4.90 Å². The van der Waals surface area contributed by atoms with Crippen molar-refractivity contribution in [2.75, 3.05) is 25.7 Å². The number of benzene rings is 1. The molecule has 0 aliphatic carbocycles. The molecule has 0 aliphatic heterocycles. The number of amides is 1. The van der Waals surface area contributed by atoms with Crippen molar-refractivity contribution >= 4 is 29.3 Å². The molecule has 4 heteroatoms. The van der Waals surface area contributed by atoms with Gasteiger partial charge in [0.1, 0.15) is 0 Å². The van der Waals surface area contributed by atoms with Gasteiger partial charge in [0.05, 0.1) is 5.56 Å². The van der Waals surface area contributed by atoms with Crippen LogP contribution in [-0.4, -0.2) is 36.5 Å². The smallest absolute Gasteiger partial charge is 0.254 e. The zero-order chi connectivity index (χ0) is 11.3. The van der Waals surface area contributed by atoms with E-state index < -0.39 is 0 Å². The van der Waals surface area contributed by atoms with Crippen LogP contribution in [0.3, 0.4) is 0 Å². The van der Waals surface area contributed by atoms with Gasteiger partial charge in [0.15, 0.2) is 0 Å². The zero-order valence-corrected chi connectivity index (χ0v) is 10.4. The fraction of sp³-hybridized carbons (Fsp3) is 0.364. The molecule has 2 nitrogen and oxygen atoms in total. The number of thioether (sulfide) groups is 1. The lowest BCUT2D eigenvalue weighted by Gasteiger charge is -2.17. The van der Waals surface area contributed by atoms with Crippen molar-refractivity contribution in [3.8, 4) is 0 Å². The summed E-state index contributed by atoms with van der Waals surface area (Å²) in [5.74, 6) is 0.490. The second-order valence-electron chi connectivity index (χ2n) is 3.12. The topological polar surface area (TPSA) is 20.3 Å². The predicted octanol–water partition coefficient (Wildman–Crippen LogP) is 2.72. The molecule has 1 rings (SSSR count). The molecule has 0 atom stereocenters. The molecule has 0 spiro atoms. The summed E-state index contributed by atoms with van der Waals surface area (Å²) in [5, 5.41) is 0. The molecule has 1 amide bonds. The summed E-state index contributed by atoms with van der Waals surface area (Å²) in [6, 6.07) is 7.61. The monoisotopic (exact) mass is 243 g/mol. The third kappa shape index (κ3) is 3.14. The maximum Gasteiger partial charge on any atom is 0.254 e. The van der Waals surface area contributed by atoms with Crippen LogP contribution in [0.2, 0.25) is 0 Å². The standard InChI is InChI=1S/C11H14ClNOS/c1-13(8-7-12)11(14)9-5-3-4-6-10(9)15-2/h3-6H,7-8H2,1-2H3. The summed E-state index contributed by atoms with van der Waals surface area (Å²) in [6.45, 7) is 0.573. The van der Waals surface area contributed by atoms with Gasteiger partial charge in [-0.15, -0.1) is 23.4 Å². The van der Waals surface area contributed by atoms with Gasteiger partial charge in [-0.3, -0.25) is 4.79 Å². The SMILES string of the molecule is CSc1ccccc1C(=O)N(C)CCCl. The minimum atomic E-state index is 0.0283. The van der Waals surface area contributed by atoms with Crippen LogP contribution in [0, 0.1) is 0 Å². The summed E-state index contributed by atoms with van der Waals surface area (Å²) in [6.07, 6.45) is 1.97. The first-order valence-corrected chi connectivity index (χ1v) is 6.41. The molecule has 0 N–H and O–H groups in total. The molecule has 1 aromatic carbocycles. The summed E-state index contributed by atoms with van der Waals surface area (Å²) >= 11 is 7.18. The van der Waals surface area contributed by atoms with Gasteiger partial charge in [0, 0.05) is 24.4 Å². The van der Waals surface area contributed by atoms with Crippen molar-refractivity contribution in [3.05, 3.63) is 29.8 Å². The molecule has 1 aromatic rings. The van der Waals surface area contributed by atoms with Crippen molar-refractivity contribution in [1.82, 2.24) is 4.90 Å². The number of hydrogen-bond donors (Lipinski definition) is 0. The largest absolute Gasteiger partial charge is 0.340 e. The normalized spacial score (nSPS) is 10.1. The van der Waals surface area contributed by atoms with Crippen LogP contribution in [0.25, 0.3) is 0 Å². The molecule has 0 unspecified atom stereocenters. The number of hydrogen-bond acceptors (Lipinski definition) is 2. The number of nitrogens with zero attached hydrogens (tertiary/aromatic N) is 1. The molecule has 0 radical (unpaired) electrons. The number of carbonyl (C=O) groups excluding carboxylic acids is 1. The van der Waals surface area contributed by atoms with Crippen LogP contribution in [0.5, 0.6) is 0 Å². The molecule has 0 heterocycles. The Labute approximate surface area is 99.6 Å². The molecule has 0 fully saturated rings. The number of rotatable bonds is 4. The number of carbonyl (C=O) groups is 1. The Morgan fingerprint density at radius 3 is 2.73 bits per heavy atom. The van der Waals surface area contributed by atoms with Crippen LogP contribution >= 0.6 is 23.4 Å². The molecule has 0 bridgehead atoms. The van der Waals surface area contributed by atoms with E-state index in [2.05, 4.69) is 0 Å². The second kappa shape index (κ2) is 6.03. The maximum absolute atomic E-state index is 12.0. The van der Waals surface area contributed by atoms with E-state index in [0.717, 1.165) is 10.5 Å². The summed E-state index contributed by atoms with van der Waals surface area (Å²) in [7, 11) is 1.77. The summed E-state index contributed by atoms with van der Waals surface area (Å²) in [4.78, 5) is 14.6. The predicted molar refractivity (Wildman–Crippen MR) is 65.9 cm³/mol.